The van der Waals surface area contributed by atoms with E-state index in [1.165, 1.54) is 11.6 Å². The molecular formula is C22H25FN6O. The predicted molar refractivity (Wildman–Crippen MR) is 114 cm³/mol. The van der Waals surface area contributed by atoms with E-state index in [1.54, 1.807) is 18.2 Å². The van der Waals surface area contributed by atoms with E-state index in [9.17, 15) is 9.60 Å². The third-order valence-corrected chi connectivity index (χ3v) is 5.38. The molecule has 7 nitrogen and oxygen atoms in total. The molecule has 0 unspecified atom stereocenters. The molecule has 3 aromatic rings. The largest absolute Gasteiger partial charge is 0.350 e. The molecule has 0 spiro atoms. The fourth-order valence-corrected chi connectivity index (χ4v) is 3.74. The van der Waals surface area contributed by atoms with Crippen LogP contribution in [0.3, 0.4) is 0 Å². The summed E-state index contributed by atoms with van der Waals surface area (Å²) in [6.07, 6.45) is 3.16. The van der Waals surface area contributed by atoms with Gasteiger partial charge in [-0.2, -0.15) is 15.0 Å². The van der Waals surface area contributed by atoms with Gasteiger partial charge in [0.05, 0.1) is 0 Å². The molecular weight excluding hydrogens is 383 g/mol. The molecule has 0 amide bonds. The van der Waals surface area contributed by atoms with Crippen molar-refractivity contribution < 1.29 is 9.60 Å². The highest BCUT2D eigenvalue weighted by Gasteiger charge is 2.22. The van der Waals surface area contributed by atoms with Crippen LogP contribution in [0.2, 0.25) is 0 Å². The van der Waals surface area contributed by atoms with E-state index in [0.717, 1.165) is 32.4 Å². The molecule has 30 heavy (non-hydrogen) atoms. The summed E-state index contributed by atoms with van der Waals surface area (Å²) in [6, 6.07) is 17.1. The van der Waals surface area contributed by atoms with Crippen molar-refractivity contribution in [2.24, 2.45) is 5.92 Å². The lowest BCUT2D eigenvalue weighted by atomic mass is 9.90. The SMILES string of the molecule is ONc1nc(NCc2ccccc2F)nc(N2CCC(Cc3ccccc3)CC2)n1. The number of anilines is 3. The van der Waals surface area contributed by atoms with Crippen LogP contribution in [0.5, 0.6) is 0 Å². The van der Waals surface area contributed by atoms with Gasteiger partial charge in [0.1, 0.15) is 5.82 Å². The highest BCUT2D eigenvalue weighted by Crippen LogP contribution is 2.25. The van der Waals surface area contributed by atoms with Gasteiger partial charge >= 0.3 is 0 Å². The van der Waals surface area contributed by atoms with Gasteiger partial charge in [-0.25, -0.2) is 9.87 Å². The minimum Gasteiger partial charge on any atom is -0.350 e. The van der Waals surface area contributed by atoms with Crippen molar-refractivity contribution in [1.82, 2.24) is 15.0 Å². The van der Waals surface area contributed by atoms with E-state index < -0.39 is 0 Å². The molecule has 0 atom stereocenters. The lowest BCUT2D eigenvalue weighted by Crippen LogP contribution is -2.35. The topological polar surface area (TPSA) is 86.2 Å². The zero-order valence-corrected chi connectivity index (χ0v) is 16.6. The van der Waals surface area contributed by atoms with Gasteiger partial charge in [-0.05, 0) is 36.8 Å². The van der Waals surface area contributed by atoms with Crippen LogP contribution < -0.4 is 15.7 Å². The lowest BCUT2D eigenvalue weighted by Gasteiger charge is -2.32. The summed E-state index contributed by atoms with van der Waals surface area (Å²) in [5, 5.41) is 12.3. The Kier molecular flexibility index (Phi) is 6.34. The zero-order chi connectivity index (χ0) is 20.8. The molecule has 2 heterocycles. The first-order chi connectivity index (χ1) is 14.7. The Balaban J connectivity index is 1.40. The van der Waals surface area contributed by atoms with Gasteiger partial charge in [-0.1, -0.05) is 48.5 Å². The van der Waals surface area contributed by atoms with Crippen molar-refractivity contribution in [1.29, 1.82) is 0 Å². The van der Waals surface area contributed by atoms with Crippen molar-refractivity contribution in [2.75, 3.05) is 28.8 Å². The molecule has 8 heteroatoms. The van der Waals surface area contributed by atoms with E-state index in [-0.39, 0.29) is 24.3 Å². The maximum absolute atomic E-state index is 13.8. The quantitative estimate of drug-likeness (QED) is 0.512. The summed E-state index contributed by atoms with van der Waals surface area (Å²) in [5.41, 5.74) is 3.87. The van der Waals surface area contributed by atoms with Gasteiger partial charge in [0.15, 0.2) is 0 Å². The van der Waals surface area contributed by atoms with Crippen molar-refractivity contribution in [2.45, 2.75) is 25.8 Å². The first kappa shape index (κ1) is 20.0. The molecule has 1 saturated heterocycles. The standard InChI is InChI=1S/C22H25FN6O/c23-19-9-5-4-8-18(19)15-24-20-25-21(28-30)27-22(26-20)29-12-10-17(11-13-29)14-16-6-2-1-3-7-16/h1-9,17,30H,10-15H2,(H2,24,25,26,27,28). The first-order valence-electron chi connectivity index (χ1n) is 10.1. The minimum atomic E-state index is -0.291. The molecule has 3 N–H and O–H groups in total. The van der Waals surface area contributed by atoms with E-state index in [1.807, 2.05) is 11.5 Å². The Morgan fingerprint density at radius 1 is 0.933 bits per heavy atom. The normalized spacial score (nSPS) is 14.5. The average Bonchev–Trinajstić information content (AvgIpc) is 2.79. The highest BCUT2D eigenvalue weighted by atomic mass is 19.1. The molecule has 156 valence electrons. The number of hydrogen-bond donors (Lipinski definition) is 3. The summed E-state index contributed by atoms with van der Waals surface area (Å²) < 4.78 is 13.8. The number of benzene rings is 2. The van der Waals surface area contributed by atoms with Crippen LogP contribution >= 0.6 is 0 Å². The van der Waals surface area contributed by atoms with Crippen LogP contribution in [0.4, 0.5) is 22.2 Å². The van der Waals surface area contributed by atoms with Crippen molar-refractivity contribution in [3.8, 4) is 0 Å². The summed E-state index contributed by atoms with van der Waals surface area (Å²) in [4.78, 5) is 15.0. The number of nitrogens with zero attached hydrogens (tertiary/aromatic N) is 4. The molecule has 2 aromatic carbocycles. The van der Waals surface area contributed by atoms with Gasteiger partial charge in [0.25, 0.3) is 5.95 Å². The molecule has 0 bridgehead atoms. The van der Waals surface area contributed by atoms with E-state index in [0.29, 0.717) is 17.4 Å². The number of nitrogens with one attached hydrogen (secondary N) is 2. The number of hydrogen-bond acceptors (Lipinski definition) is 7. The van der Waals surface area contributed by atoms with E-state index in [2.05, 4.69) is 49.4 Å². The zero-order valence-electron chi connectivity index (χ0n) is 16.6. The van der Waals surface area contributed by atoms with Crippen LogP contribution in [0.25, 0.3) is 0 Å². The van der Waals surface area contributed by atoms with Gasteiger partial charge in [0, 0.05) is 25.2 Å². The summed E-state index contributed by atoms with van der Waals surface area (Å²) >= 11 is 0. The van der Waals surface area contributed by atoms with E-state index >= 15 is 0 Å². The second-order valence-electron chi connectivity index (χ2n) is 7.46. The second kappa shape index (κ2) is 9.49. The van der Waals surface area contributed by atoms with Gasteiger partial charge < -0.3 is 10.2 Å². The number of aromatic nitrogens is 3. The second-order valence-corrected chi connectivity index (χ2v) is 7.46. The Labute approximate surface area is 175 Å². The third kappa shape index (κ3) is 5.01. The molecule has 0 saturated carbocycles. The molecule has 0 aliphatic carbocycles. The minimum absolute atomic E-state index is 0.0578. The first-order valence-corrected chi connectivity index (χ1v) is 10.1. The molecule has 4 rings (SSSR count). The van der Waals surface area contributed by atoms with Crippen molar-refractivity contribution >= 4 is 17.8 Å². The Hall–Kier alpha value is -3.26. The van der Waals surface area contributed by atoms with Crippen LogP contribution in [0.1, 0.15) is 24.0 Å². The fraction of sp³-hybridized carbons (Fsp3) is 0.318. The van der Waals surface area contributed by atoms with Crippen LogP contribution in [-0.2, 0) is 13.0 Å². The lowest BCUT2D eigenvalue weighted by molar-refractivity contribution is 0.381. The average molecular weight is 408 g/mol. The van der Waals surface area contributed by atoms with Gasteiger partial charge in [0.2, 0.25) is 11.9 Å². The summed E-state index contributed by atoms with van der Waals surface area (Å²) in [5.74, 6) is 1.17. The number of rotatable bonds is 7. The maximum Gasteiger partial charge on any atom is 0.253 e. The summed E-state index contributed by atoms with van der Waals surface area (Å²) in [7, 11) is 0. The molecule has 1 aliphatic rings. The van der Waals surface area contributed by atoms with Crippen molar-refractivity contribution in [3.63, 3.8) is 0 Å². The molecule has 1 aromatic heterocycles. The number of halogens is 1. The molecule has 1 fully saturated rings. The Bertz CT molecular complexity index is 963. The summed E-state index contributed by atoms with van der Waals surface area (Å²) in [6.45, 7) is 1.90. The van der Waals surface area contributed by atoms with Crippen LogP contribution in [0.15, 0.2) is 54.6 Å². The van der Waals surface area contributed by atoms with Crippen LogP contribution in [-0.4, -0.2) is 33.2 Å². The molecule has 1 aliphatic heterocycles. The smallest absolute Gasteiger partial charge is 0.253 e. The number of piperidine rings is 1. The predicted octanol–water partition coefficient (Wildman–Crippen LogP) is 3.88. The fourth-order valence-electron chi connectivity index (χ4n) is 3.74. The highest BCUT2D eigenvalue weighted by molar-refractivity contribution is 5.43. The monoisotopic (exact) mass is 408 g/mol. The van der Waals surface area contributed by atoms with Gasteiger partial charge in [-0.3, -0.25) is 5.21 Å². The van der Waals surface area contributed by atoms with E-state index in [4.69, 9.17) is 0 Å². The Morgan fingerprint density at radius 3 is 2.37 bits per heavy atom. The van der Waals surface area contributed by atoms with Crippen molar-refractivity contribution in [3.05, 3.63) is 71.5 Å². The third-order valence-electron chi connectivity index (χ3n) is 5.38. The van der Waals surface area contributed by atoms with Crippen LogP contribution in [0, 0.1) is 11.7 Å². The molecule has 0 radical (unpaired) electrons. The Morgan fingerprint density at radius 2 is 1.63 bits per heavy atom. The maximum atomic E-state index is 13.8. The van der Waals surface area contributed by atoms with Gasteiger partial charge in [-0.15, -0.1) is 0 Å².